The molecule has 0 heterocycles. The average molecular weight is 347 g/mol. The summed E-state index contributed by atoms with van der Waals surface area (Å²) in [5.41, 5.74) is 1.17. The second kappa shape index (κ2) is 6.98. The van der Waals surface area contributed by atoms with Crippen LogP contribution in [0, 0.1) is 10.1 Å². The second-order valence-electron chi connectivity index (χ2n) is 4.18. The van der Waals surface area contributed by atoms with Crippen LogP contribution in [0.2, 0.25) is 10.0 Å². The quantitative estimate of drug-likeness (QED) is 0.424. The van der Waals surface area contributed by atoms with Crippen molar-refractivity contribution in [2.24, 2.45) is 0 Å². The van der Waals surface area contributed by atoms with E-state index in [9.17, 15) is 10.1 Å². The van der Waals surface area contributed by atoms with Crippen LogP contribution < -0.4 is 4.74 Å². The van der Waals surface area contributed by atoms with Crippen LogP contribution in [0.25, 0.3) is 0 Å². The molecule has 0 fully saturated rings. The van der Waals surface area contributed by atoms with E-state index in [0.29, 0.717) is 15.6 Å². The minimum Gasteiger partial charge on any atom is -0.482 e. The summed E-state index contributed by atoms with van der Waals surface area (Å²) in [5, 5.41) is 11.9. The normalized spacial score (nSPS) is 10.4. The fourth-order valence-corrected chi connectivity index (χ4v) is 2.40. The van der Waals surface area contributed by atoms with E-state index < -0.39 is 4.92 Å². The van der Waals surface area contributed by atoms with Crippen molar-refractivity contribution in [3.05, 3.63) is 67.7 Å². The Balaban J connectivity index is 2.28. The number of rotatable bonds is 5. The molecule has 2 aromatic rings. The molecule has 0 amide bonds. The smallest absolute Gasteiger partial charge is 0.310 e. The second-order valence-corrected chi connectivity index (χ2v) is 5.26. The first-order valence-electron chi connectivity index (χ1n) is 5.92. The Hall–Kier alpha value is -1.49. The van der Waals surface area contributed by atoms with Gasteiger partial charge >= 0.3 is 5.69 Å². The zero-order valence-electron chi connectivity index (χ0n) is 10.7. The topological polar surface area (TPSA) is 52.4 Å². The van der Waals surface area contributed by atoms with E-state index in [2.05, 4.69) is 0 Å². The largest absolute Gasteiger partial charge is 0.482 e. The van der Waals surface area contributed by atoms with E-state index >= 15 is 0 Å². The fraction of sp³-hybridized carbons (Fsp3) is 0.143. The van der Waals surface area contributed by atoms with Gasteiger partial charge in [0.1, 0.15) is 6.61 Å². The molecule has 110 valence electrons. The van der Waals surface area contributed by atoms with Crippen LogP contribution in [-0.2, 0) is 12.5 Å². The zero-order valence-corrected chi connectivity index (χ0v) is 13.0. The van der Waals surface area contributed by atoms with Crippen LogP contribution in [0.1, 0.15) is 11.1 Å². The standard InChI is InChI=1S/C14H10Cl3NO3/c15-7-9-4-5-13(18(19)20)14(6-9)21-8-10-11(16)2-1-3-12(10)17/h1-6H,7-8H2. The lowest BCUT2D eigenvalue weighted by Crippen LogP contribution is -2.01. The summed E-state index contributed by atoms with van der Waals surface area (Å²) >= 11 is 17.8. The molecule has 0 saturated carbocycles. The van der Waals surface area contributed by atoms with Crippen LogP contribution in [-0.4, -0.2) is 4.92 Å². The monoisotopic (exact) mass is 345 g/mol. The molecule has 0 radical (unpaired) electrons. The van der Waals surface area contributed by atoms with Gasteiger partial charge in [0, 0.05) is 27.6 Å². The number of ether oxygens (including phenoxy) is 1. The number of nitro groups is 1. The summed E-state index contributed by atoms with van der Waals surface area (Å²) in [5.74, 6) is 0.371. The molecule has 0 aliphatic heterocycles. The van der Waals surface area contributed by atoms with Gasteiger partial charge in [0.2, 0.25) is 0 Å². The summed E-state index contributed by atoms with van der Waals surface area (Å²) in [6.45, 7) is 0.0328. The first-order valence-corrected chi connectivity index (χ1v) is 7.21. The molecular weight excluding hydrogens is 337 g/mol. The molecule has 0 aromatic heterocycles. The minimum absolute atomic E-state index is 0.0328. The van der Waals surface area contributed by atoms with Crippen molar-refractivity contribution in [2.45, 2.75) is 12.5 Å². The third kappa shape index (κ3) is 3.79. The molecule has 0 atom stereocenters. The highest BCUT2D eigenvalue weighted by Crippen LogP contribution is 2.31. The van der Waals surface area contributed by atoms with E-state index in [-0.39, 0.29) is 23.9 Å². The molecule has 0 spiro atoms. The molecule has 2 rings (SSSR count). The Bertz CT molecular complexity index is 656. The van der Waals surface area contributed by atoms with Crippen LogP contribution in [0.15, 0.2) is 36.4 Å². The number of nitrogens with zero attached hydrogens (tertiary/aromatic N) is 1. The molecule has 21 heavy (non-hydrogen) atoms. The number of hydrogen-bond donors (Lipinski definition) is 0. The highest BCUT2D eigenvalue weighted by molar-refractivity contribution is 6.35. The van der Waals surface area contributed by atoms with Crippen molar-refractivity contribution < 1.29 is 9.66 Å². The van der Waals surface area contributed by atoms with Crippen molar-refractivity contribution in [2.75, 3.05) is 0 Å². The fourth-order valence-electron chi connectivity index (χ4n) is 1.73. The molecule has 0 N–H and O–H groups in total. The van der Waals surface area contributed by atoms with E-state index in [4.69, 9.17) is 39.5 Å². The predicted molar refractivity (Wildman–Crippen MR) is 83.4 cm³/mol. The van der Waals surface area contributed by atoms with Gasteiger partial charge in [-0.15, -0.1) is 11.6 Å². The number of nitro benzene ring substituents is 1. The van der Waals surface area contributed by atoms with Crippen molar-refractivity contribution in [1.29, 1.82) is 0 Å². The highest BCUT2D eigenvalue weighted by Gasteiger charge is 2.16. The maximum absolute atomic E-state index is 11.0. The van der Waals surface area contributed by atoms with Crippen molar-refractivity contribution in [3.8, 4) is 5.75 Å². The number of benzene rings is 2. The van der Waals surface area contributed by atoms with Gasteiger partial charge in [0.25, 0.3) is 0 Å². The minimum atomic E-state index is -0.512. The number of hydrogen-bond acceptors (Lipinski definition) is 3. The Morgan fingerprint density at radius 2 is 1.81 bits per heavy atom. The summed E-state index contributed by atoms with van der Waals surface area (Å²) in [6, 6.07) is 9.55. The summed E-state index contributed by atoms with van der Waals surface area (Å²) in [4.78, 5) is 10.5. The van der Waals surface area contributed by atoms with Crippen molar-refractivity contribution >= 4 is 40.5 Å². The molecule has 0 unspecified atom stereocenters. The molecule has 0 saturated heterocycles. The van der Waals surface area contributed by atoms with Gasteiger partial charge in [-0.1, -0.05) is 35.3 Å². The van der Waals surface area contributed by atoms with E-state index in [1.807, 2.05) is 0 Å². The van der Waals surface area contributed by atoms with Crippen LogP contribution in [0.3, 0.4) is 0 Å². The lowest BCUT2D eigenvalue weighted by molar-refractivity contribution is -0.386. The molecule has 2 aromatic carbocycles. The van der Waals surface area contributed by atoms with Gasteiger partial charge in [-0.25, -0.2) is 0 Å². The lowest BCUT2D eigenvalue weighted by atomic mass is 10.2. The zero-order chi connectivity index (χ0) is 15.4. The Labute approximate surface area is 136 Å². The van der Waals surface area contributed by atoms with Gasteiger partial charge in [-0.3, -0.25) is 10.1 Å². The molecular formula is C14H10Cl3NO3. The number of halogens is 3. The Morgan fingerprint density at radius 1 is 1.14 bits per heavy atom. The molecule has 7 heteroatoms. The van der Waals surface area contributed by atoms with Gasteiger partial charge < -0.3 is 4.74 Å². The van der Waals surface area contributed by atoms with E-state index in [1.54, 1.807) is 24.3 Å². The summed E-state index contributed by atoms with van der Waals surface area (Å²) < 4.78 is 5.52. The van der Waals surface area contributed by atoms with Crippen LogP contribution in [0.5, 0.6) is 5.75 Å². The first kappa shape index (κ1) is 15.9. The average Bonchev–Trinajstić information content (AvgIpc) is 2.46. The van der Waals surface area contributed by atoms with Crippen molar-refractivity contribution in [3.63, 3.8) is 0 Å². The van der Waals surface area contributed by atoms with Gasteiger partial charge in [-0.05, 0) is 23.8 Å². The highest BCUT2D eigenvalue weighted by atomic mass is 35.5. The Morgan fingerprint density at radius 3 is 2.38 bits per heavy atom. The first-order chi connectivity index (χ1) is 10.0. The SMILES string of the molecule is O=[N+]([O-])c1ccc(CCl)cc1OCc1c(Cl)cccc1Cl. The van der Waals surface area contributed by atoms with E-state index in [1.165, 1.54) is 12.1 Å². The van der Waals surface area contributed by atoms with Crippen molar-refractivity contribution in [1.82, 2.24) is 0 Å². The van der Waals surface area contributed by atoms with Crippen LogP contribution in [0.4, 0.5) is 5.69 Å². The van der Waals surface area contributed by atoms with Crippen LogP contribution >= 0.6 is 34.8 Å². The van der Waals surface area contributed by atoms with E-state index in [0.717, 1.165) is 5.56 Å². The molecule has 0 aliphatic rings. The summed E-state index contributed by atoms with van der Waals surface area (Å²) in [7, 11) is 0. The maximum Gasteiger partial charge on any atom is 0.310 e. The Kier molecular flexibility index (Phi) is 5.28. The predicted octanol–water partition coefficient (Wildman–Crippen LogP) is 5.22. The number of alkyl halides is 1. The molecule has 0 aliphatic carbocycles. The molecule has 0 bridgehead atoms. The third-order valence-corrected chi connectivity index (χ3v) is 3.83. The van der Waals surface area contributed by atoms with Gasteiger partial charge in [0.05, 0.1) is 4.92 Å². The third-order valence-electron chi connectivity index (χ3n) is 2.81. The molecule has 4 nitrogen and oxygen atoms in total. The maximum atomic E-state index is 11.0. The lowest BCUT2D eigenvalue weighted by Gasteiger charge is -2.10. The summed E-state index contributed by atoms with van der Waals surface area (Å²) in [6.07, 6.45) is 0. The van der Waals surface area contributed by atoms with Gasteiger partial charge in [0.15, 0.2) is 5.75 Å². The van der Waals surface area contributed by atoms with Gasteiger partial charge in [-0.2, -0.15) is 0 Å².